The van der Waals surface area contributed by atoms with Gasteiger partial charge in [-0.15, -0.1) is 0 Å². The zero-order chi connectivity index (χ0) is 14.7. The molecule has 2 aromatic carbocycles. The van der Waals surface area contributed by atoms with E-state index in [1.54, 1.807) is 0 Å². The number of carbonyl (C=O) groups is 1. The van der Waals surface area contributed by atoms with Gasteiger partial charge in [0.25, 0.3) is 0 Å². The fourth-order valence-corrected chi connectivity index (χ4v) is 2.35. The van der Waals surface area contributed by atoms with Crippen LogP contribution in [0.5, 0.6) is 0 Å². The SMILES string of the molecule is NC(Cc1ccccc1)C(=O)c1ccc(Br)c(Cl)c1F. The van der Waals surface area contributed by atoms with Crippen molar-refractivity contribution in [2.75, 3.05) is 0 Å². The smallest absolute Gasteiger partial charge is 0.182 e. The van der Waals surface area contributed by atoms with Gasteiger partial charge >= 0.3 is 0 Å². The van der Waals surface area contributed by atoms with Gasteiger partial charge in [0.1, 0.15) is 0 Å². The lowest BCUT2D eigenvalue weighted by molar-refractivity contribution is 0.0957. The van der Waals surface area contributed by atoms with Crippen molar-refractivity contribution in [3.63, 3.8) is 0 Å². The zero-order valence-corrected chi connectivity index (χ0v) is 12.8. The maximum atomic E-state index is 14.0. The van der Waals surface area contributed by atoms with E-state index in [0.717, 1.165) is 5.56 Å². The van der Waals surface area contributed by atoms with Gasteiger partial charge < -0.3 is 5.73 Å². The summed E-state index contributed by atoms with van der Waals surface area (Å²) in [6.45, 7) is 0. The third kappa shape index (κ3) is 3.26. The average molecular weight is 357 g/mol. The Labute approximate surface area is 129 Å². The molecule has 104 valence electrons. The van der Waals surface area contributed by atoms with E-state index in [1.165, 1.54) is 12.1 Å². The molecule has 0 radical (unpaired) electrons. The monoisotopic (exact) mass is 355 g/mol. The lowest BCUT2D eigenvalue weighted by atomic mass is 9.98. The van der Waals surface area contributed by atoms with E-state index in [4.69, 9.17) is 17.3 Å². The van der Waals surface area contributed by atoms with Gasteiger partial charge in [-0.2, -0.15) is 0 Å². The summed E-state index contributed by atoms with van der Waals surface area (Å²) in [5, 5.41) is -0.109. The van der Waals surface area contributed by atoms with Crippen molar-refractivity contribution in [3.05, 3.63) is 68.9 Å². The van der Waals surface area contributed by atoms with Crippen LogP contribution >= 0.6 is 27.5 Å². The molecule has 0 amide bonds. The van der Waals surface area contributed by atoms with Gasteiger partial charge in [-0.25, -0.2) is 4.39 Å². The Kier molecular flexibility index (Phi) is 4.91. The molecule has 0 saturated heterocycles. The number of nitrogens with two attached hydrogens (primary N) is 1. The van der Waals surface area contributed by atoms with Crippen LogP contribution in [-0.2, 0) is 6.42 Å². The van der Waals surface area contributed by atoms with Crippen LogP contribution in [-0.4, -0.2) is 11.8 Å². The predicted octanol–water partition coefficient (Wildman–Crippen LogP) is 3.99. The second kappa shape index (κ2) is 6.48. The highest BCUT2D eigenvalue weighted by Gasteiger charge is 2.22. The molecule has 2 N–H and O–H groups in total. The van der Waals surface area contributed by atoms with Gasteiger partial charge in [-0.05, 0) is 40.0 Å². The molecule has 0 saturated carbocycles. The Morgan fingerprint density at radius 3 is 2.55 bits per heavy atom. The fourth-order valence-electron chi connectivity index (χ4n) is 1.88. The summed E-state index contributed by atoms with van der Waals surface area (Å²) < 4.78 is 14.4. The van der Waals surface area contributed by atoms with Crippen LogP contribution in [0.3, 0.4) is 0 Å². The first-order valence-electron chi connectivity index (χ1n) is 5.98. The van der Waals surface area contributed by atoms with Gasteiger partial charge in [0.15, 0.2) is 11.6 Å². The number of hydrogen-bond acceptors (Lipinski definition) is 2. The minimum Gasteiger partial charge on any atom is -0.321 e. The Morgan fingerprint density at radius 2 is 1.90 bits per heavy atom. The van der Waals surface area contributed by atoms with Crippen LogP contribution < -0.4 is 5.73 Å². The largest absolute Gasteiger partial charge is 0.321 e. The van der Waals surface area contributed by atoms with Crippen LogP contribution in [0, 0.1) is 5.82 Å². The van der Waals surface area contributed by atoms with Crippen LogP contribution in [0.4, 0.5) is 4.39 Å². The number of ketones is 1. The fraction of sp³-hybridized carbons (Fsp3) is 0.133. The van der Waals surface area contributed by atoms with Crippen LogP contribution in [0.25, 0.3) is 0 Å². The van der Waals surface area contributed by atoms with Crippen molar-refractivity contribution < 1.29 is 9.18 Å². The molecule has 0 aliphatic carbocycles. The third-order valence-electron chi connectivity index (χ3n) is 2.94. The lowest BCUT2D eigenvalue weighted by Gasteiger charge is -2.12. The quantitative estimate of drug-likeness (QED) is 0.665. The molecule has 1 atom stereocenters. The standard InChI is InChI=1S/C15H12BrClFNO/c16-11-7-6-10(14(18)13(11)17)15(20)12(19)8-9-4-2-1-3-5-9/h1-7,12H,8,19H2. The molecule has 0 bridgehead atoms. The summed E-state index contributed by atoms with van der Waals surface area (Å²) in [5.74, 6) is -1.20. The molecule has 0 aromatic heterocycles. The molecule has 2 nitrogen and oxygen atoms in total. The normalized spacial score (nSPS) is 12.2. The molecule has 0 aliphatic rings. The molecule has 20 heavy (non-hydrogen) atoms. The van der Waals surface area contributed by atoms with Gasteiger partial charge in [0, 0.05) is 4.47 Å². The second-order valence-electron chi connectivity index (χ2n) is 4.38. The lowest BCUT2D eigenvalue weighted by Crippen LogP contribution is -2.33. The van der Waals surface area contributed by atoms with E-state index in [-0.39, 0.29) is 10.6 Å². The maximum absolute atomic E-state index is 14.0. The minimum atomic E-state index is -0.802. The van der Waals surface area contributed by atoms with Crippen molar-refractivity contribution in [2.24, 2.45) is 5.73 Å². The molecule has 0 fully saturated rings. The molecule has 0 spiro atoms. The van der Waals surface area contributed by atoms with Crippen LogP contribution in [0.15, 0.2) is 46.9 Å². The molecule has 5 heteroatoms. The first-order valence-corrected chi connectivity index (χ1v) is 7.15. The summed E-state index contributed by atoms with van der Waals surface area (Å²) in [5.41, 5.74) is 6.71. The molecular formula is C15H12BrClFNO. The van der Waals surface area contributed by atoms with E-state index in [2.05, 4.69) is 15.9 Å². The number of halogens is 3. The highest BCUT2D eigenvalue weighted by atomic mass is 79.9. The Bertz CT molecular complexity index is 633. The van der Waals surface area contributed by atoms with E-state index in [0.29, 0.717) is 10.9 Å². The van der Waals surface area contributed by atoms with Gasteiger partial charge in [0.2, 0.25) is 0 Å². The summed E-state index contributed by atoms with van der Waals surface area (Å²) in [4.78, 5) is 12.2. The average Bonchev–Trinajstić information content (AvgIpc) is 2.45. The Hall–Kier alpha value is -1.23. The third-order valence-corrected chi connectivity index (χ3v) is 4.19. The number of rotatable bonds is 4. The number of Topliss-reactive ketones (excluding diaryl/α,β-unsaturated/α-hetero) is 1. The summed E-state index contributed by atoms with van der Waals surface area (Å²) >= 11 is 8.88. The number of carbonyl (C=O) groups excluding carboxylic acids is 1. The number of benzene rings is 2. The Balaban J connectivity index is 2.21. The van der Waals surface area contributed by atoms with Crippen LogP contribution in [0.2, 0.25) is 5.02 Å². The van der Waals surface area contributed by atoms with Crippen molar-refractivity contribution >= 4 is 33.3 Å². The summed E-state index contributed by atoms with van der Waals surface area (Å²) in [6.07, 6.45) is 0.354. The molecular weight excluding hydrogens is 345 g/mol. The van der Waals surface area contributed by atoms with Gasteiger partial charge in [0.05, 0.1) is 16.6 Å². The second-order valence-corrected chi connectivity index (χ2v) is 5.62. The maximum Gasteiger partial charge on any atom is 0.182 e. The topological polar surface area (TPSA) is 43.1 Å². The summed E-state index contributed by atoms with van der Waals surface area (Å²) in [7, 11) is 0. The number of hydrogen-bond donors (Lipinski definition) is 1. The molecule has 0 heterocycles. The highest BCUT2D eigenvalue weighted by Crippen LogP contribution is 2.28. The summed E-state index contributed by atoms with van der Waals surface area (Å²) in [6, 6.07) is 11.5. The van der Waals surface area contributed by atoms with E-state index in [9.17, 15) is 9.18 Å². The molecule has 2 rings (SSSR count). The van der Waals surface area contributed by atoms with E-state index in [1.807, 2.05) is 30.3 Å². The van der Waals surface area contributed by atoms with Gasteiger partial charge in [-0.1, -0.05) is 41.9 Å². The van der Waals surface area contributed by atoms with Crippen LogP contribution in [0.1, 0.15) is 15.9 Å². The highest BCUT2D eigenvalue weighted by molar-refractivity contribution is 9.10. The zero-order valence-electron chi connectivity index (χ0n) is 10.4. The van der Waals surface area contributed by atoms with Gasteiger partial charge in [-0.3, -0.25) is 4.79 Å². The minimum absolute atomic E-state index is 0.0818. The molecule has 2 aromatic rings. The van der Waals surface area contributed by atoms with Crippen molar-refractivity contribution in [2.45, 2.75) is 12.5 Å². The van der Waals surface area contributed by atoms with E-state index < -0.39 is 17.6 Å². The van der Waals surface area contributed by atoms with E-state index >= 15 is 0 Å². The molecule has 1 unspecified atom stereocenters. The van der Waals surface area contributed by atoms with Crippen molar-refractivity contribution in [3.8, 4) is 0 Å². The first kappa shape index (κ1) is 15.2. The Morgan fingerprint density at radius 1 is 1.25 bits per heavy atom. The first-order chi connectivity index (χ1) is 9.50. The van der Waals surface area contributed by atoms with Crippen molar-refractivity contribution in [1.29, 1.82) is 0 Å². The van der Waals surface area contributed by atoms with Crippen molar-refractivity contribution in [1.82, 2.24) is 0 Å². The molecule has 0 aliphatic heterocycles. The predicted molar refractivity (Wildman–Crippen MR) is 81.6 cm³/mol.